The van der Waals surface area contributed by atoms with Crippen molar-refractivity contribution in [2.75, 3.05) is 13.7 Å². The third kappa shape index (κ3) is 2.96. The number of fused-ring (bicyclic) bond motifs is 4. The van der Waals surface area contributed by atoms with E-state index in [1.807, 2.05) is 6.07 Å². The fourth-order valence-electron chi connectivity index (χ4n) is 6.17. The molecule has 158 valence electrons. The SMILES string of the molecule is COC(=O)C1CCC(C(=O)N2CCC3(C)c4cccc(O)c4C[C@@H]2C3(C)C)CC1. The molecule has 1 N–H and O–H groups in total. The summed E-state index contributed by atoms with van der Waals surface area (Å²) < 4.78 is 4.88. The molecule has 1 saturated carbocycles. The fraction of sp³-hybridized carbons (Fsp3) is 0.667. The smallest absolute Gasteiger partial charge is 0.308 e. The molecule has 1 unspecified atom stereocenters. The maximum absolute atomic E-state index is 13.5. The van der Waals surface area contributed by atoms with Crippen LogP contribution in [-0.4, -0.2) is 41.6 Å². The van der Waals surface area contributed by atoms with Crippen molar-refractivity contribution in [3.63, 3.8) is 0 Å². The number of carbonyl (C=O) groups is 2. The zero-order chi connectivity index (χ0) is 21.0. The van der Waals surface area contributed by atoms with Crippen LogP contribution in [0.4, 0.5) is 0 Å². The molecule has 2 bridgehead atoms. The van der Waals surface area contributed by atoms with Crippen molar-refractivity contribution in [1.82, 2.24) is 4.90 Å². The van der Waals surface area contributed by atoms with Crippen LogP contribution in [0.2, 0.25) is 0 Å². The van der Waals surface area contributed by atoms with Crippen LogP contribution >= 0.6 is 0 Å². The van der Waals surface area contributed by atoms with Crippen LogP contribution in [0.3, 0.4) is 0 Å². The minimum Gasteiger partial charge on any atom is -0.508 e. The molecular formula is C24H33NO4. The molecule has 2 fully saturated rings. The van der Waals surface area contributed by atoms with Crippen molar-refractivity contribution >= 4 is 11.9 Å². The summed E-state index contributed by atoms with van der Waals surface area (Å²) in [5.41, 5.74) is 2.10. The lowest BCUT2D eigenvalue weighted by Gasteiger charge is -2.61. The number of likely N-dealkylation sites (tertiary alicyclic amines) is 1. The number of amides is 1. The Bertz CT molecular complexity index is 824. The van der Waals surface area contributed by atoms with E-state index in [2.05, 4.69) is 31.7 Å². The van der Waals surface area contributed by atoms with Gasteiger partial charge >= 0.3 is 5.97 Å². The molecule has 0 spiro atoms. The minimum atomic E-state index is -0.148. The number of methoxy groups -OCH3 is 1. The molecule has 1 amide bonds. The number of piperidine rings is 1. The van der Waals surface area contributed by atoms with Crippen molar-refractivity contribution in [1.29, 1.82) is 0 Å². The van der Waals surface area contributed by atoms with Gasteiger partial charge in [0.25, 0.3) is 0 Å². The zero-order valence-electron chi connectivity index (χ0n) is 18.0. The van der Waals surface area contributed by atoms with E-state index in [9.17, 15) is 14.7 Å². The number of phenolic OH excluding ortho intramolecular Hbond substituents is 1. The van der Waals surface area contributed by atoms with Crippen molar-refractivity contribution in [2.45, 2.75) is 70.8 Å². The second kappa shape index (κ2) is 7.03. The molecule has 1 heterocycles. The number of hydrogen-bond donors (Lipinski definition) is 1. The lowest BCUT2D eigenvalue weighted by molar-refractivity contribution is -0.153. The maximum atomic E-state index is 13.5. The summed E-state index contributed by atoms with van der Waals surface area (Å²) in [5, 5.41) is 10.5. The third-order valence-electron chi connectivity index (χ3n) is 8.52. The van der Waals surface area contributed by atoms with E-state index in [-0.39, 0.29) is 40.6 Å². The topological polar surface area (TPSA) is 66.8 Å². The molecule has 0 radical (unpaired) electrons. The maximum Gasteiger partial charge on any atom is 0.308 e. The number of rotatable bonds is 2. The van der Waals surface area contributed by atoms with E-state index in [1.165, 1.54) is 12.7 Å². The summed E-state index contributed by atoms with van der Waals surface area (Å²) in [5.74, 6) is 0.352. The first-order valence-electron chi connectivity index (χ1n) is 10.9. The van der Waals surface area contributed by atoms with Crippen molar-refractivity contribution in [3.8, 4) is 5.75 Å². The van der Waals surface area contributed by atoms with Gasteiger partial charge < -0.3 is 14.7 Å². The Morgan fingerprint density at radius 2 is 1.76 bits per heavy atom. The summed E-state index contributed by atoms with van der Waals surface area (Å²) in [4.78, 5) is 27.4. The van der Waals surface area contributed by atoms with E-state index in [0.717, 1.165) is 44.2 Å². The van der Waals surface area contributed by atoms with E-state index in [4.69, 9.17) is 4.74 Å². The van der Waals surface area contributed by atoms with Gasteiger partial charge in [0.05, 0.1) is 13.0 Å². The Kier molecular flexibility index (Phi) is 4.91. The largest absolute Gasteiger partial charge is 0.508 e. The Morgan fingerprint density at radius 3 is 2.41 bits per heavy atom. The molecule has 5 heteroatoms. The van der Waals surface area contributed by atoms with E-state index >= 15 is 0 Å². The van der Waals surface area contributed by atoms with Crippen LogP contribution in [0.1, 0.15) is 64.0 Å². The summed E-state index contributed by atoms with van der Waals surface area (Å²) in [6.07, 6.45) is 4.56. The highest BCUT2D eigenvalue weighted by Gasteiger charge is 2.57. The minimum absolute atomic E-state index is 0.0122. The molecule has 3 aliphatic rings. The molecule has 2 aliphatic carbocycles. The summed E-state index contributed by atoms with van der Waals surface area (Å²) >= 11 is 0. The average molecular weight is 400 g/mol. The van der Waals surface area contributed by atoms with Crippen LogP contribution in [-0.2, 0) is 26.2 Å². The van der Waals surface area contributed by atoms with Gasteiger partial charge in [0.1, 0.15) is 5.75 Å². The van der Waals surface area contributed by atoms with Gasteiger partial charge in [-0.05, 0) is 61.1 Å². The quantitative estimate of drug-likeness (QED) is 0.768. The van der Waals surface area contributed by atoms with Crippen molar-refractivity contribution < 1.29 is 19.4 Å². The Labute approximate surface area is 173 Å². The van der Waals surface area contributed by atoms with Crippen molar-refractivity contribution in [2.24, 2.45) is 17.3 Å². The Balaban J connectivity index is 1.58. The number of phenols is 1. The number of carbonyl (C=O) groups excluding carboxylic acids is 2. The first-order chi connectivity index (χ1) is 13.7. The highest BCUT2D eigenvalue weighted by Crippen LogP contribution is 2.57. The lowest BCUT2D eigenvalue weighted by Crippen LogP contribution is -2.65. The van der Waals surface area contributed by atoms with Crippen molar-refractivity contribution in [3.05, 3.63) is 29.3 Å². The van der Waals surface area contributed by atoms with E-state index < -0.39 is 0 Å². The van der Waals surface area contributed by atoms with E-state index in [1.54, 1.807) is 6.07 Å². The van der Waals surface area contributed by atoms with Gasteiger partial charge in [-0.1, -0.05) is 32.9 Å². The van der Waals surface area contributed by atoms with Gasteiger partial charge in [-0.2, -0.15) is 0 Å². The fourth-order valence-corrected chi connectivity index (χ4v) is 6.17. The molecule has 2 atom stereocenters. The molecule has 1 aromatic carbocycles. The third-order valence-corrected chi connectivity index (χ3v) is 8.52. The number of nitrogens with zero attached hydrogens (tertiary/aromatic N) is 1. The zero-order valence-corrected chi connectivity index (χ0v) is 18.0. The monoisotopic (exact) mass is 399 g/mol. The Hall–Kier alpha value is -2.04. The van der Waals surface area contributed by atoms with Gasteiger partial charge in [0.2, 0.25) is 5.91 Å². The van der Waals surface area contributed by atoms with Gasteiger partial charge in [-0.25, -0.2) is 0 Å². The number of ether oxygens (including phenoxy) is 1. The molecule has 1 saturated heterocycles. The first kappa shape index (κ1) is 20.2. The predicted molar refractivity (Wildman–Crippen MR) is 111 cm³/mol. The number of benzene rings is 1. The normalized spacial score (nSPS) is 33.0. The molecule has 29 heavy (non-hydrogen) atoms. The highest BCUT2D eigenvalue weighted by atomic mass is 16.5. The number of hydrogen-bond acceptors (Lipinski definition) is 4. The standard InChI is InChI=1S/C24H33NO4/c1-23(2)20-14-17-18(6-5-7-19(17)26)24(23,3)12-13-25(20)21(27)15-8-10-16(11-9-15)22(28)29-4/h5-7,15-16,20,26H,8-14H2,1-4H3/t15?,16?,20-,24?/m1/s1. The molecule has 1 aliphatic heterocycles. The van der Waals surface area contributed by atoms with Crippen LogP contribution in [0.25, 0.3) is 0 Å². The van der Waals surface area contributed by atoms with Crippen LogP contribution in [0.5, 0.6) is 5.75 Å². The van der Waals surface area contributed by atoms with Crippen LogP contribution in [0, 0.1) is 17.3 Å². The van der Waals surface area contributed by atoms with Gasteiger partial charge in [0, 0.05) is 23.9 Å². The summed E-state index contributed by atoms with van der Waals surface area (Å²) in [7, 11) is 1.43. The molecule has 0 aromatic heterocycles. The molecule has 4 rings (SSSR count). The van der Waals surface area contributed by atoms with E-state index in [0.29, 0.717) is 12.2 Å². The van der Waals surface area contributed by atoms with Crippen LogP contribution < -0.4 is 0 Å². The highest BCUT2D eigenvalue weighted by molar-refractivity contribution is 5.80. The molecule has 1 aromatic rings. The number of aromatic hydroxyl groups is 1. The molecule has 5 nitrogen and oxygen atoms in total. The lowest BCUT2D eigenvalue weighted by atomic mass is 9.51. The van der Waals surface area contributed by atoms with Gasteiger partial charge in [-0.15, -0.1) is 0 Å². The summed E-state index contributed by atoms with van der Waals surface area (Å²) in [6.45, 7) is 7.60. The second-order valence-electron chi connectivity index (χ2n) is 9.93. The predicted octanol–water partition coefficient (Wildman–Crippen LogP) is 3.81. The molecular weight excluding hydrogens is 366 g/mol. The van der Waals surface area contributed by atoms with Crippen LogP contribution in [0.15, 0.2) is 18.2 Å². The average Bonchev–Trinajstić information content (AvgIpc) is 2.70. The Morgan fingerprint density at radius 1 is 1.10 bits per heavy atom. The summed E-state index contributed by atoms with van der Waals surface area (Å²) in [6, 6.07) is 5.93. The van der Waals surface area contributed by atoms with Gasteiger partial charge in [-0.3, -0.25) is 9.59 Å². The first-order valence-corrected chi connectivity index (χ1v) is 10.9. The second-order valence-corrected chi connectivity index (χ2v) is 9.93. The van der Waals surface area contributed by atoms with Gasteiger partial charge in [0.15, 0.2) is 0 Å². The number of esters is 1.